The van der Waals surface area contributed by atoms with E-state index in [4.69, 9.17) is 8.37 Å². The molecule has 1 rings (SSSR count). The van der Waals surface area contributed by atoms with Crippen LogP contribution >= 0.6 is 0 Å². The predicted molar refractivity (Wildman–Crippen MR) is 100 cm³/mol. The van der Waals surface area contributed by atoms with Crippen molar-refractivity contribution in [1.29, 1.82) is 0 Å². The van der Waals surface area contributed by atoms with Crippen molar-refractivity contribution in [3.05, 3.63) is 29.3 Å². The zero-order valence-corrected chi connectivity index (χ0v) is 17.4. The largest absolute Gasteiger partial charge is 0.469 e. The lowest BCUT2D eigenvalue weighted by Gasteiger charge is -2.21. The van der Waals surface area contributed by atoms with Crippen LogP contribution in [0.4, 0.5) is 5.69 Å². The number of rotatable bonds is 11. The summed E-state index contributed by atoms with van der Waals surface area (Å²) in [6.45, 7) is 0.168. The van der Waals surface area contributed by atoms with Gasteiger partial charge in [0.15, 0.2) is 0 Å². The minimum atomic E-state index is -3.62. The second-order valence-corrected chi connectivity index (χ2v) is 9.33. The van der Waals surface area contributed by atoms with E-state index in [2.05, 4.69) is 4.74 Å². The predicted octanol–water partition coefficient (Wildman–Crippen LogP) is 1.03. The Labute approximate surface area is 160 Å². The van der Waals surface area contributed by atoms with Gasteiger partial charge in [0.2, 0.25) is 0 Å². The topological polar surface area (TPSA) is 116 Å². The van der Waals surface area contributed by atoms with Crippen LogP contribution in [0.2, 0.25) is 0 Å². The third-order valence-electron chi connectivity index (χ3n) is 3.46. The lowest BCUT2D eigenvalue weighted by atomic mass is 10.1. The van der Waals surface area contributed by atoms with Crippen LogP contribution in [-0.4, -0.2) is 56.0 Å². The molecule has 0 aliphatic carbocycles. The Bertz CT molecular complexity index is 795. The number of ether oxygens (including phenoxy) is 1. The van der Waals surface area contributed by atoms with E-state index in [0.717, 1.165) is 12.5 Å². The summed E-state index contributed by atoms with van der Waals surface area (Å²) in [7, 11) is -4.12. The Morgan fingerprint density at radius 1 is 0.963 bits per heavy atom. The highest BCUT2D eigenvalue weighted by Crippen LogP contribution is 2.21. The molecule has 0 saturated heterocycles. The number of benzene rings is 1. The molecule has 0 atom stereocenters. The van der Waals surface area contributed by atoms with E-state index in [9.17, 15) is 21.6 Å². The van der Waals surface area contributed by atoms with Gasteiger partial charge in [-0.05, 0) is 29.7 Å². The Morgan fingerprint density at radius 3 is 1.85 bits per heavy atom. The fraction of sp³-hybridized carbons (Fsp3) is 0.562. The fourth-order valence-corrected chi connectivity index (χ4v) is 2.87. The van der Waals surface area contributed by atoms with Crippen LogP contribution in [0.25, 0.3) is 0 Å². The second-order valence-electron chi connectivity index (χ2n) is 6.04. The van der Waals surface area contributed by atoms with Crippen molar-refractivity contribution in [3.8, 4) is 0 Å². The Kier molecular flexibility index (Phi) is 8.66. The van der Waals surface area contributed by atoms with Crippen molar-refractivity contribution in [2.24, 2.45) is 0 Å². The zero-order valence-electron chi connectivity index (χ0n) is 15.8. The summed E-state index contributed by atoms with van der Waals surface area (Å²) in [5, 5.41) is 0. The number of hydrogen-bond donors (Lipinski definition) is 0. The van der Waals surface area contributed by atoms with Gasteiger partial charge in [0.1, 0.15) is 0 Å². The van der Waals surface area contributed by atoms with Crippen LogP contribution in [0.15, 0.2) is 18.2 Å². The molecule has 11 heteroatoms. The molecule has 154 valence electrons. The molecule has 0 bridgehead atoms. The monoisotopic (exact) mass is 423 g/mol. The van der Waals surface area contributed by atoms with Crippen molar-refractivity contribution in [3.63, 3.8) is 0 Å². The molecule has 9 nitrogen and oxygen atoms in total. The molecule has 0 unspecified atom stereocenters. The van der Waals surface area contributed by atoms with E-state index >= 15 is 0 Å². The maximum Gasteiger partial charge on any atom is 0.305 e. The van der Waals surface area contributed by atoms with E-state index in [-0.39, 0.29) is 25.6 Å². The van der Waals surface area contributed by atoms with Gasteiger partial charge in [0, 0.05) is 25.7 Å². The summed E-state index contributed by atoms with van der Waals surface area (Å²) in [5.41, 5.74) is 1.80. The first kappa shape index (κ1) is 23.3. The summed E-state index contributed by atoms with van der Waals surface area (Å²) in [5.74, 6) is -0.305. The molecule has 0 spiro atoms. The first-order valence-corrected chi connectivity index (χ1v) is 11.6. The highest BCUT2D eigenvalue weighted by atomic mass is 32.2. The number of hydrogen-bond acceptors (Lipinski definition) is 9. The molecule has 0 fully saturated rings. The minimum absolute atomic E-state index is 0.186. The van der Waals surface area contributed by atoms with Crippen LogP contribution in [-0.2, 0) is 51.3 Å². The van der Waals surface area contributed by atoms with Crippen LogP contribution in [0.3, 0.4) is 0 Å². The summed E-state index contributed by atoms with van der Waals surface area (Å²) >= 11 is 0. The molecule has 0 amide bonds. The molecule has 1 aromatic rings. The average Bonchev–Trinajstić information content (AvgIpc) is 2.56. The molecule has 0 heterocycles. The third kappa shape index (κ3) is 10.3. The number of carbonyl (C=O) groups is 1. The summed E-state index contributed by atoms with van der Waals surface area (Å²) < 4.78 is 59.1. The van der Waals surface area contributed by atoms with Gasteiger partial charge in [-0.1, -0.05) is 6.07 Å². The first-order valence-electron chi connectivity index (χ1n) is 7.99. The maximum absolute atomic E-state index is 11.2. The number of carbonyl (C=O) groups excluding carboxylic acids is 1. The normalized spacial score (nSPS) is 12.0. The van der Waals surface area contributed by atoms with E-state index in [0.29, 0.717) is 29.8 Å². The quantitative estimate of drug-likeness (QED) is 0.380. The Balaban J connectivity index is 2.96. The van der Waals surface area contributed by atoms with Gasteiger partial charge >= 0.3 is 5.97 Å². The van der Waals surface area contributed by atoms with Crippen molar-refractivity contribution in [2.45, 2.75) is 26.1 Å². The fourth-order valence-electron chi connectivity index (χ4n) is 2.17. The number of anilines is 1. The van der Waals surface area contributed by atoms with Crippen molar-refractivity contribution in [2.75, 3.05) is 38.1 Å². The van der Waals surface area contributed by atoms with Crippen molar-refractivity contribution < 1.29 is 34.7 Å². The van der Waals surface area contributed by atoms with Gasteiger partial charge < -0.3 is 9.64 Å². The lowest BCUT2D eigenvalue weighted by molar-refractivity contribution is -0.140. The maximum atomic E-state index is 11.2. The molecule has 0 saturated carbocycles. The van der Waals surface area contributed by atoms with E-state index in [1.807, 2.05) is 4.90 Å². The standard InChI is InChI=1S/C16H25NO8S2/c1-17(7-5-6-16(18)23-2)15-9-13(11-24-26(3,19)20)8-14(10-15)12-25-27(4,21)22/h8-10H,5-7,11-12H2,1-4H3. The molecule has 0 N–H and O–H groups in total. The summed E-state index contributed by atoms with van der Waals surface area (Å²) in [6, 6.07) is 5.07. The zero-order chi connectivity index (χ0) is 20.7. The van der Waals surface area contributed by atoms with E-state index in [1.165, 1.54) is 7.11 Å². The first-order chi connectivity index (χ1) is 12.4. The number of esters is 1. The minimum Gasteiger partial charge on any atom is -0.469 e. The van der Waals surface area contributed by atoms with Gasteiger partial charge in [0.25, 0.3) is 20.2 Å². The van der Waals surface area contributed by atoms with Crippen LogP contribution in [0, 0.1) is 0 Å². The lowest BCUT2D eigenvalue weighted by Crippen LogP contribution is -2.20. The van der Waals surface area contributed by atoms with Gasteiger partial charge in [-0.15, -0.1) is 0 Å². The number of methoxy groups -OCH3 is 1. The van der Waals surface area contributed by atoms with Crippen LogP contribution in [0.1, 0.15) is 24.0 Å². The van der Waals surface area contributed by atoms with Gasteiger partial charge in [-0.25, -0.2) is 0 Å². The third-order valence-corrected chi connectivity index (χ3v) is 4.55. The molecule has 1 aromatic carbocycles. The molecule has 27 heavy (non-hydrogen) atoms. The molecular weight excluding hydrogens is 398 g/mol. The summed E-state index contributed by atoms with van der Waals surface area (Å²) in [6.07, 6.45) is 2.72. The summed E-state index contributed by atoms with van der Waals surface area (Å²) in [4.78, 5) is 13.1. The van der Waals surface area contributed by atoms with E-state index in [1.54, 1.807) is 25.2 Å². The van der Waals surface area contributed by atoms with Crippen LogP contribution in [0.5, 0.6) is 0 Å². The van der Waals surface area contributed by atoms with Gasteiger partial charge in [-0.3, -0.25) is 13.2 Å². The molecule has 0 aromatic heterocycles. The molecule has 0 aliphatic rings. The molecule has 0 radical (unpaired) electrons. The van der Waals surface area contributed by atoms with Gasteiger partial charge in [0.05, 0.1) is 32.8 Å². The van der Waals surface area contributed by atoms with Crippen LogP contribution < -0.4 is 4.90 Å². The van der Waals surface area contributed by atoms with Crippen molar-refractivity contribution >= 4 is 31.9 Å². The smallest absolute Gasteiger partial charge is 0.305 e. The highest BCUT2D eigenvalue weighted by molar-refractivity contribution is 7.86. The van der Waals surface area contributed by atoms with Gasteiger partial charge in [-0.2, -0.15) is 16.8 Å². The van der Waals surface area contributed by atoms with E-state index < -0.39 is 20.2 Å². The Hall–Kier alpha value is -1.69. The SMILES string of the molecule is COC(=O)CCCN(C)c1cc(COS(C)(=O)=O)cc(COS(C)(=O)=O)c1. The Morgan fingerprint density at radius 2 is 1.44 bits per heavy atom. The second kappa shape index (κ2) is 10.0. The number of nitrogens with zero attached hydrogens (tertiary/aromatic N) is 1. The molecular formula is C16H25NO8S2. The molecule has 0 aliphatic heterocycles. The average molecular weight is 424 g/mol. The highest BCUT2D eigenvalue weighted by Gasteiger charge is 2.11. The van der Waals surface area contributed by atoms with Crippen molar-refractivity contribution in [1.82, 2.24) is 0 Å².